The van der Waals surface area contributed by atoms with Gasteiger partial charge in [-0.1, -0.05) is 25.0 Å². The van der Waals surface area contributed by atoms with Crippen molar-refractivity contribution in [1.82, 2.24) is 5.32 Å². The highest BCUT2D eigenvalue weighted by molar-refractivity contribution is 5.78. The Morgan fingerprint density at radius 3 is 2.24 bits per heavy atom. The average Bonchev–Trinajstić information content (AvgIpc) is 2.42. The summed E-state index contributed by atoms with van der Waals surface area (Å²) in [6.45, 7) is 1.27. The first-order valence-corrected chi connectivity index (χ1v) is 7.06. The first-order chi connectivity index (χ1) is 9.93. The number of nitrogens with two attached hydrogens (primary N) is 1. The van der Waals surface area contributed by atoms with Gasteiger partial charge in [0.05, 0.1) is 12.0 Å². The Bertz CT molecular complexity index is 430. The van der Waals surface area contributed by atoms with Crippen LogP contribution in [0.4, 0.5) is 13.2 Å². The maximum absolute atomic E-state index is 12.4. The van der Waals surface area contributed by atoms with Crippen molar-refractivity contribution in [3.05, 3.63) is 35.4 Å². The molecule has 0 saturated heterocycles. The van der Waals surface area contributed by atoms with E-state index in [4.69, 9.17) is 5.73 Å². The summed E-state index contributed by atoms with van der Waals surface area (Å²) in [5.41, 5.74) is 5.25. The van der Waals surface area contributed by atoms with Crippen molar-refractivity contribution in [1.29, 1.82) is 0 Å². The maximum Gasteiger partial charge on any atom is 0.416 e. The van der Waals surface area contributed by atoms with Crippen LogP contribution in [0.1, 0.15) is 36.8 Å². The summed E-state index contributed by atoms with van der Waals surface area (Å²) in [6, 6.07) is 4.66. The third-order valence-corrected chi connectivity index (χ3v) is 3.10. The van der Waals surface area contributed by atoms with E-state index in [1.165, 1.54) is 12.1 Å². The van der Waals surface area contributed by atoms with Crippen LogP contribution in [0.15, 0.2) is 24.3 Å². The molecule has 0 aliphatic carbocycles. The number of hydrogen-bond donors (Lipinski definition) is 2. The standard InChI is InChI=1S/C15H21F3N2O/c16-15(17,18)13-7-5-12(6-8-13)11-14(21)20-10-4-2-1-3-9-19/h5-8H,1-4,9-11,19H2,(H,20,21). The average molecular weight is 302 g/mol. The molecule has 1 aromatic carbocycles. The van der Waals surface area contributed by atoms with Gasteiger partial charge in [0.2, 0.25) is 5.91 Å². The second-order valence-corrected chi connectivity index (χ2v) is 4.92. The number of carbonyl (C=O) groups is 1. The Labute approximate surface area is 122 Å². The molecule has 1 aromatic rings. The second-order valence-electron chi connectivity index (χ2n) is 4.92. The molecule has 0 fully saturated rings. The molecule has 3 nitrogen and oxygen atoms in total. The SMILES string of the molecule is NCCCCCCNC(=O)Cc1ccc(C(F)(F)F)cc1. The van der Waals surface area contributed by atoms with Crippen LogP contribution < -0.4 is 11.1 Å². The summed E-state index contributed by atoms with van der Waals surface area (Å²) in [5.74, 6) is -0.173. The van der Waals surface area contributed by atoms with E-state index in [1.807, 2.05) is 0 Å². The molecule has 0 saturated carbocycles. The highest BCUT2D eigenvalue weighted by Crippen LogP contribution is 2.29. The molecule has 0 aliphatic heterocycles. The number of benzene rings is 1. The number of halogens is 3. The van der Waals surface area contributed by atoms with E-state index >= 15 is 0 Å². The van der Waals surface area contributed by atoms with Crippen molar-refractivity contribution < 1.29 is 18.0 Å². The summed E-state index contributed by atoms with van der Waals surface area (Å²) in [4.78, 5) is 11.6. The van der Waals surface area contributed by atoms with Gasteiger partial charge in [-0.15, -0.1) is 0 Å². The quantitative estimate of drug-likeness (QED) is 0.726. The third kappa shape index (κ3) is 7.13. The van der Waals surface area contributed by atoms with Crippen LogP contribution in [0.5, 0.6) is 0 Å². The highest BCUT2D eigenvalue weighted by Gasteiger charge is 2.29. The molecule has 0 unspecified atom stereocenters. The van der Waals surface area contributed by atoms with Crippen molar-refractivity contribution >= 4 is 5.91 Å². The lowest BCUT2D eigenvalue weighted by atomic mass is 10.1. The van der Waals surface area contributed by atoms with Crippen LogP contribution in [0.25, 0.3) is 0 Å². The summed E-state index contributed by atoms with van der Waals surface area (Å²) in [7, 11) is 0. The number of alkyl halides is 3. The van der Waals surface area contributed by atoms with E-state index in [1.54, 1.807) is 0 Å². The van der Waals surface area contributed by atoms with Crippen LogP contribution in [0.3, 0.4) is 0 Å². The Morgan fingerprint density at radius 1 is 1.05 bits per heavy atom. The maximum atomic E-state index is 12.4. The van der Waals surface area contributed by atoms with Crippen molar-refractivity contribution in [2.24, 2.45) is 5.73 Å². The zero-order valence-corrected chi connectivity index (χ0v) is 11.9. The number of nitrogens with one attached hydrogen (secondary N) is 1. The van der Waals surface area contributed by atoms with E-state index in [0.717, 1.165) is 37.8 Å². The first-order valence-electron chi connectivity index (χ1n) is 7.06. The summed E-state index contributed by atoms with van der Waals surface area (Å²) >= 11 is 0. The molecule has 6 heteroatoms. The van der Waals surface area contributed by atoms with Gasteiger partial charge in [0, 0.05) is 6.54 Å². The van der Waals surface area contributed by atoms with Gasteiger partial charge in [-0.3, -0.25) is 4.79 Å². The van der Waals surface area contributed by atoms with E-state index in [-0.39, 0.29) is 12.3 Å². The minimum Gasteiger partial charge on any atom is -0.356 e. The van der Waals surface area contributed by atoms with Crippen molar-refractivity contribution in [3.8, 4) is 0 Å². The van der Waals surface area contributed by atoms with E-state index in [9.17, 15) is 18.0 Å². The monoisotopic (exact) mass is 302 g/mol. The minimum absolute atomic E-state index is 0.0982. The van der Waals surface area contributed by atoms with Crippen LogP contribution in [-0.2, 0) is 17.4 Å². The molecule has 0 aliphatic rings. The number of amides is 1. The summed E-state index contributed by atoms with van der Waals surface area (Å²) in [6.07, 6.45) is -0.313. The molecule has 0 atom stereocenters. The predicted molar refractivity (Wildman–Crippen MR) is 75.7 cm³/mol. The number of rotatable bonds is 8. The number of carbonyl (C=O) groups excluding carboxylic acids is 1. The molecular formula is C15H21F3N2O. The normalized spacial score (nSPS) is 11.4. The highest BCUT2D eigenvalue weighted by atomic mass is 19.4. The summed E-state index contributed by atoms with van der Waals surface area (Å²) in [5, 5.41) is 2.76. The molecule has 0 bridgehead atoms. The fourth-order valence-corrected chi connectivity index (χ4v) is 1.91. The smallest absolute Gasteiger partial charge is 0.356 e. The van der Waals surface area contributed by atoms with Crippen molar-refractivity contribution in [3.63, 3.8) is 0 Å². The van der Waals surface area contributed by atoms with Crippen molar-refractivity contribution in [2.45, 2.75) is 38.3 Å². The molecule has 0 aromatic heterocycles. The molecule has 1 amide bonds. The van der Waals surface area contributed by atoms with Gasteiger partial charge in [-0.2, -0.15) is 13.2 Å². The van der Waals surface area contributed by atoms with Crippen LogP contribution >= 0.6 is 0 Å². The minimum atomic E-state index is -4.34. The van der Waals surface area contributed by atoms with Crippen LogP contribution in [0, 0.1) is 0 Å². The third-order valence-electron chi connectivity index (χ3n) is 3.10. The topological polar surface area (TPSA) is 55.1 Å². The predicted octanol–water partition coefficient (Wildman–Crippen LogP) is 2.88. The first kappa shape index (κ1) is 17.5. The molecule has 1 rings (SSSR count). The van der Waals surface area contributed by atoms with E-state index in [2.05, 4.69) is 5.32 Å². The Kier molecular flexibility index (Phi) is 7.22. The zero-order chi connectivity index (χ0) is 15.7. The Morgan fingerprint density at radius 2 is 1.67 bits per heavy atom. The largest absolute Gasteiger partial charge is 0.416 e. The fraction of sp³-hybridized carbons (Fsp3) is 0.533. The Hall–Kier alpha value is -1.56. The van der Waals surface area contributed by atoms with Crippen LogP contribution in [-0.4, -0.2) is 19.0 Å². The van der Waals surface area contributed by atoms with Gasteiger partial charge in [0.25, 0.3) is 0 Å². The lowest BCUT2D eigenvalue weighted by Gasteiger charge is -2.08. The number of hydrogen-bond acceptors (Lipinski definition) is 2. The molecule has 21 heavy (non-hydrogen) atoms. The van der Waals surface area contributed by atoms with Gasteiger partial charge >= 0.3 is 6.18 Å². The summed E-state index contributed by atoms with van der Waals surface area (Å²) < 4.78 is 37.2. The number of unbranched alkanes of at least 4 members (excludes halogenated alkanes) is 3. The molecular weight excluding hydrogens is 281 g/mol. The zero-order valence-electron chi connectivity index (χ0n) is 11.9. The Balaban J connectivity index is 2.28. The van der Waals surface area contributed by atoms with E-state index in [0.29, 0.717) is 18.7 Å². The van der Waals surface area contributed by atoms with Gasteiger partial charge in [0.15, 0.2) is 0 Å². The van der Waals surface area contributed by atoms with Crippen LogP contribution in [0.2, 0.25) is 0 Å². The molecule has 0 spiro atoms. The van der Waals surface area contributed by atoms with E-state index < -0.39 is 11.7 Å². The van der Waals surface area contributed by atoms with Gasteiger partial charge in [-0.25, -0.2) is 0 Å². The second kappa shape index (κ2) is 8.67. The van der Waals surface area contributed by atoms with Gasteiger partial charge < -0.3 is 11.1 Å². The molecule has 0 heterocycles. The molecule has 118 valence electrons. The van der Waals surface area contributed by atoms with Gasteiger partial charge in [0.1, 0.15) is 0 Å². The van der Waals surface area contributed by atoms with Gasteiger partial charge in [-0.05, 0) is 37.1 Å². The lowest BCUT2D eigenvalue weighted by Crippen LogP contribution is -2.26. The fourth-order valence-electron chi connectivity index (χ4n) is 1.91. The lowest BCUT2D eigenvalue weighted by molar-refractivity contribution is -0.137. The molecule has 0 radical (unpaired) electrons. The van der Waals surface area contributed by atoms with Crippen molar-refractivity contribution in [2.75, 3.05) is 13.1 Å². The molecule has 3 N–H and O–H groups in total.